The van der Waals surface area contributed by atoms with Gasteiger partial charge in [-0.3, -0.25) is 0 Å². The molecule has 3 aromatic carbocycles. The number of rotatable bonds is 7. The van der Waals surface area contributed by atoms with E-state index in [2.05, 4.69) is 17.0 Å². The van der Waals surface area contributed by atoms with Crippen LogP contribution in [0.15, 0.2) is 59.1 Å². The van der Waals surface area contributed by atoms with Crippen LogP contribution >= 0.6 is 34.8 Å². The van der Waals surface area contributed by atoms with Gasteiger partial charge in [-0.25, -0.2) is 4.79 Å². The first-order chi connectivity index (χ1) is 18.7. The first-order valence-electron chi connectivity index (χ1n) is 12.5. The molecule has 0 bridgehead atoms. The van der Waals surface area contributed by atoms with Crippen molar-refractivity contribution < 1.29 is 19.2 Å². The van der Waals surface area contributed by atoms with Gasteiger partial charge in [-0.1, -0.05) is 71.7 Å². The lowest BCUT2D eigenvalue weighted by atomic mass is 9.97. The zero-order valence-corrected chi connectivity index (χ0v) is 23.5. The molecule has 0 saturated heterocycles. The molecule has 1 aromatic heterocycles. The number of halogens is 3. The molecule has 8 heteroatoms. The number of aromatic nitrogens is 1. The second kappa shape index (κ2) is 11.4. The van der Waals surface area contributed by atoms with E-state index >= 15 is 0 Å². The monoisotopic (exact) mass is 579 g/mol. The van der Waals surface area contributed by atoms with Crippen molar-refractivity contribution in [2.45, 2.75) is 45.1 Å². The highest BCUT2D eigenvalue weighted by Crippen LogP contribution is 2.46. The van der Waals surface area contributed by atoms with E-state index in [0.717, 1.165) is 29.7 Å². The largest absolute Gasteiger partial charge is 0.489 e. The molecule has 0 unspecified atom stereocenters. The van der Waals surface area contributed by atoms with E-state index in [0.29, 0.717) is 49.1 Å². The van der Waals surface area contributed by atoms with Crippen LogP contribution in [-0.4, -0.2) is 16.2 Å². The fourth-order valence-electron chi connectivity index (χ4n) is 4.21. The summed E-state index contributed by atoms with van der Waals surface area (Å²) in [5, 5.41) is 15.1. The third kappa shape index (κ3) is 6.09. The van der Waals surface area contributed by atoms with Gasteiger partial charge in [0, 0.05) is 28.7 Å². The molecule has 1 N–H and O–H groups in total. The number of hydrogen-bond acceptors (Lipinski definition) is 4. The Morgan fingerprint density at radius 1 is 1.05 bits per heavy atom. The summed E-state index contributed by atoms with van der Waals surface area (Å²) < 4.78 is 11.8. The van der Waals surface area contributed by atoms with Crippen molar-refractivity contribution in [3.63, 3.8) is 0 Å². The van der Waals surface area contributed by atoms with E-state index in [-0.39, 0.29) is 18.1 Å². The van der Waals surface area contributed by atoms with E-state index < -0.39 is 5.97 Å². The summed E-state index contributed by atoms with van der Waals surface area (Å²) in [6.07, 6.45) is 2.07. The molecule has 0 radical (unpaired) electrons. The van der Waals surface area contributed by atoms with Crippen LogP contribution in [0.5, 0.6) is 5.75 Å². The Labute approximate surface area is 241 Å². The Balaban J connectivity index is 1.38. The van der Waals surface area contributed by atoms with Crippen LogP contribution in [0.1, 0.15) is 76.9 Å². The molecule has 1 aliphatic carbocycles. The van der Waals surface area contributed by atoms with Crippen molar-refractivity contribution in [3.8, 4) is 28.8 Å². The summed E-state index contributed by atoms with van der Waals surface area (Å²) in [6.45, 7) is 4.22. The number of benzene rings is 3. The summed E-state index contributed by atoms with van der Waals surface area (Å²) >= 11 is 19.4. The fourth-order valence-corrected chi connectivity index (χ4v) is 5.01. The lowest BCUT2D eigenvalue weighted by Crippen LogP contribution is -2.00. The number of carboxylic acids is 1. The molecule has 1 aliphatic rings. The minimum atomic E-state index is -0.988. The minimum Gasteiger partial charge on any atom is -0.489 e. The maximum Gasteiger partial charge on any atom is 0.335 e. The molecule has 5 rings (SSSR count). The van der Waals surface area contributed by atoms with Gasteiger partial charge in [0.15, 0.2) is 0 Å². The quantitative estimate of drug-likeness (QED) is 0.221. The van der Waals surface area contributed by atoms with Gasteiger partial charge in [0.2, 0.25) is 0 Å². The van der Waals surface area contributed by atoms with E-state index in [1.807, 2.05) is 19.9 Å². The van der Waals surface area contributed by atoms with Gasteiger partial charge >= 0.3 is 5.97 Å². The number of carboxylic acid groups (broad SMARTS) is 1. The molecule has 1 heterocycles. The van der Waals surface area contributed by atoms with Gasteiger partial charge in [0.1, 0.15) is 23.8 Å². The molecule has 0 amide bonds. The van der Waals surface area contributed by atoms with E-state index in [1.54, 1.807) is 48.5 Å². The highest BCUT2D eigenvalue weighted by Gasteiger charge is 2.33. The molecule has 0 aliphatic heterocycles. The molecular weight excluding hydrogens is 557 g/mol. The maximum atomic E-state index is 11.5. The van der Waals surface area contributed by atoms with Crippen LogP contribution < -0.4 is 4.74 Å². The van der Waals surface area contributed by atoms with E-state index in [9.17, 15) is 9.90 Å². The molecular formula is C31H24Cl3NO4. The smallest absolute Gasteiger partial charge is 0.335 e. The van der Waals surface area contributed by atoms with Crippen molar-refractivity contribution in [2.75, 3.05) is 0 Å². The normalized spacial score (nSPS) is 12.8. The summed E-state index contributed by atoms with van der Waals surface area (Å²) in [4.78, 5) is 11.5. The van der Waals surface area contributed by atoms with Gasteiger partial charge in [0.05, 0.1) is 26.2 Å². The molecule has 5 nitrogen and oxygen atoms in total. The lowest BCUT2D eigenvalue weighted by molar-refractivity contribution is 0.0696. The number of carbonyl (C=O) groups is 1. The second-order valence-electron chi connectivity index (χ2n) is 9.73. The molecule has 0 spiro atoms. The van der Waals surface area contributed by atoms with Gasteiger partial charge in [0.25, 0.3) is 0 Å². The summed E-state index contributed by atoms with van der Waals surface area (Å²) in [6, 6.07) is 15.7. The van der Waals surface area contributed by atoms with Crippen LogP contribution in [-0.2, 0) is 6.61 Å². The molecule has 0 atom stereocenters. The van der Waals surface area contributed by atoms with Crippen molar-refractivity contribution in [1.29, 1.82) is 0 Å². The first kappa shape index (κ1) is 27.1. The minimum absolute atomic E-state index is 0.171. The maximum absolute atomic E-state index is 11.5. The lowest BCUT2D eigenvalue weighted by Gasteiger charge is -2.10. The first-order valence-corrected chi connectivity index (χ1v) is 13.6. The Morgan fingerprint density at radius 2 is 1.79 bits per heavy atom. The zero-order chi connectivity index (χ0) is 27.7. The third-order valence-electron chi connectivity index (χ3n) is 6.50. The van der Waals surface area contributed by atoms with Crippen molar-refractivity contribution in [3.05, 3.63) is 103 Å². The average molecular weight is 581 g/mol. The predicted molar refractivity (Wildman–Crippen MR) is 153 cm³/mol. The van der Waals surface area contributed by atoms with Crippen molar-refractivity contribution in [1.82, 2.24) is 5.16 Å². The van der Waals surface area contributed by atoms with Crippen LogP contribution in [0, 0.1) is 11.8 Å². The standard InChI is InChI=1S/C31H24Cl3NO4/c1-17(2)21-12-18(13-22(14-21)31(36)37)6-7-19-10-11-23(15-27(19)34)38-16-24-29(35-39-30(24)20-8-9-20)28-25(32)4-3-5-26(28)33/h3-5,10-15,17,20H,8-9,16H2,1-2H3,(H,36,37). The summed E-state index contributed by atoms with van der Waals surface area (Å²) in [5.41, 5.74) is 4.33. The van der Waals surface area contributed by atoms with Gasteiger partial charge in [-0.15, -0.1) is 0 Å². The number of ether oxygens (including phenoxy) is 1. The predicted octanol–water partition coefficient (Wildman–Crippen LogP) is 8.98. The number of nitrogens with zero attached hydrogens (tertiary/aromatic N) is 1. The van der Waals surface area contributed by atoms with E-state index in [4.69, 9.17) is 44.1 Å². The molecule has 39 heavy (non-hydrogen) atoms. The fraction of sp³-hybridized carbons (Fsp3) is 0.226. The van der Waals surface area contributed by atoms with Crippen molar-refractivity contribution >= 4 is 40.8 Å². The number of aromatic carboxylic acids is 1. The van der Waals surface area contributed by atoms with Crippen LogP contribution in [0.2, 0.25) is 15.1 Å². The average Bonchev–Trinajstić information content (AvgIpc) is 3.66. The zero-order valence-electron chi connectivity index (χ0n) is 21.2. The SMILES string of the molecule is CC(C)c1cc(C#Cc2ccc(OCc3c(-c4c(Cl)cccc4Cl)noc3C3CC3)cc2Cl)cc(C(=O)O)c1. The van der Waals surface area contributed by atoms with Crippen LogP contribution in [0.25, 0.3) is 11.3 Å². The molecule has 1 saturated carbocycles. The third-order valence-corrected chi connectivity index (χ3v) is 7.44. The Hall–Kier alpha value is -3.43. The highest BCUT2D eigenvalue weighted by atomic mass is 35.5. The van der Waals surface area contributed by atoms with Gasteiger partial charge in [-0.2, -0.15) is 0 Å². The molecule has 198 valence electrons. The van der Waals surface area contributed by atoms with Gasteiger partial charge in [-0.05, 0) is 66.8 Å². The Bertz CT molecular complexity index is 1610. The highest BCUT2D eigenvalue weighted by molar-refractivity contribution is 6.39. The van der Waals surface area contributed by atoms with Crippen LogP contribution in [0.3, 0.4) is 0 Å². The van der Waals surface area contributed by atoms with E-state index in [1.165, 1.54) is 0 Å². The Morgan fingerprint density at radius 3 is 2.44 bits per heavy atom. The molecule has 1 fully saturated rings. The van der Waals surface area contributed by atoms with Crippen molar-refractivity contribution in [2.24, 2.45) is 0 Å². The Kier molecular flexibility index (Phi) is 7.91. The molecule has 4 aromatic rings. The number of hydrogen-bond donors (Lipinski definition) is 1. The van der Waals surface area contributed by atoms with Gasteiger partial charge < -0.3 is 14.4 Å². The van der Waals surface area contributed by atoms with Crippen LogP contribution in [0.4, 0.5) is 0 Å². The second-order valence-corrected chi connectivity index (χ2v) is 11.0. The summed E-state index contributed by atoms with van der Waals surface area (Å²) in [5.74, 6) is 6.93. The topological polar surface area (TPSA) is 72.6 Å². The summed E-state index contributed by atoms with van der Waals surface area (Å²) in [7, 11) is 0.